The van der Waals surface area contributed by atoms with Crippen LogP contribution in [0.3, 0.4) is 0 Å². The molecule has 190 valence electrons. The standard InChI is InChI=1S/C30H36NO5/c1-29(2)21-11-14-30(3,36-26(21)20-9-7-8-10-23(20)35-29)15-12-22-25-19(13-16-31(22,4)5)17-24-27(28(25)32-6)34-18-33-24/h7-10,17,21-22,26H,11,13-14,16,18H2,1-6H3/q+1/t21-,22-,26+,30+/m1/s1. The lowest BCUT2D eigenvalue weighted by atomic mass is 9.73. The lowest BCUT2D eigenvalue weighted by molar-refractivity contribution is -0.914. The Labute approximate surface area is 214 Å². The zero-order valence-corrected chi connectivity index (χ0v) is 22.1. The van der Waals surface area contributed by atoms with E-state index in [0.29, 0.717) is 5.75 Å². The molecular formula is C30H36NO5+. The molecule has 36 heavy (non-hydrogen) atoms. The molecule has 4 heterocycles. The monoisotopic (exact) mass is 490 g/mol. The molecule has 0 saturated carbocycles. The van der Waals surface area contributed by atoms with Crippen molar-refractivity contribution in [2.75, 3.05) is 34.5 Å². The summed E-state index contributed by atoms with van der Waals surface area (Å²) in [5, 5.41) is 0. The summed E-state index contributed by atoms with van der Waals surface area (Å²) in [6.07, 6.45) is 2.76. The van der Waals surface area contributed by atoms with Crippen molar-refractivity contribution in [3.63, 3.8) is 0 Å². The smallest absolute Gasteiger partial charge is 0.231 e. The fourth-order valence-corrected chi connectivity index (χ4v) is 6.40. The van der Waals surface area contributed by atoms with Gasteiger partial charge in [0.2, 0.25) is 12.5 Å². The average Bonchev–Trinajstić information content (AvgIpc) is 3.30. The molecule has 6 rings (SSSR count). The van der Waals surface area contributed by atoms with Crippen LogP contribution in [0, 0.1) is 17.8 Å². The highest BCUT2D eigenvalue weighted by atomic mass is 16.7. The zero-order chi connectivity index (χ0) is 25.3. The topological polar surface area (TPSA) is 46.2 Å². The number of quaternary nitrogens is 1. The summed E-state index contributed by atoms with van der Waals surface area (Å²) in [5.41, 5.74) is 2.62. The Morgan fingerprint density at radius 3 is 2.69 bits per heavy atom. The Balaban J connectivity index is 1.38. The van der Waals surface area contributed by atoms with Crippen LogP contribution in [-0.4, -0.2) is 50.2 Å². The van der Waals surface area contributed by atoms with Gasteiger partial charge in [-0.25, -0.2) is 0 Å². The second kappa shape index (κ2) is 8.06. The first-order chi connectivity index (χ1) is 17.1. The lowest BCUT2D eigenvalue weighted by Crippen LogP contribution is -2.51. The molecule has 0 spiro atoms. The Bertz CT molecular complexity index is 1270. The van der Waals surface area contributed by atoms with Gasteiger partial charge in [0.05, 0.1) is 39.4 Å². The van der Waals surface area contributed by atoms with Gasteiger partial charge in [0, 0.05) is 17.9 Å². The molecule has 4 aliphatic heterocycles. The van der Waals surface area contributed by atoms with Crippen LogP contribution in [0.15, 0.2) is 30.3 Å². The van der Waals surface area contributed by atoms with E-state index in [1.165, 1.54) is 5.56 Å². The minimum absolute atomic E-state index is 0.0394. The third-order valence-electron chi connectivity index (χ3n) is 8.53. The predicted octanol–water partition coefficient (Wildman–Crippen LogP) is 5.20. The molecule has 6 nitrogen and oxygen atoms in total. The SMILES string of the molecule is COc1c2c(cc3c1[C@@H](C#C[C@]1(C)CC[C@@H]4[C@@H](O1)c1ccccc1OC4(C)C)[N+](C)(C)CC3)OCO2. The molecule has 0 radical (unpaired) electrons. The van der Waals surface area contributed by atoms with E-state index in [4.69, 9.17) is 23.7 Å². The summed E-state index contributed by atoms with van der Waals surface area (Å²) in [7, 11) is 6.18. The number of ether oxygens (including phenoxy) is 5. The number of nitrogens with zero attached hydrogens (tertiary/aromatic N) is 1. The summed E-state index contributed by atoms with van der Waals surface area (Å²) in [4.78, 5) is 0. The normalized spacial score (nSPS) is 30.6. The van der Waals surface area contributed by atoms with Gasteiger partial charge in [-0.2, -0.15) is 0 Å². The predicted molar refractivity (Wildman–Crippen MR) is 136 cm³/mol. The van der Waals surface area contributed by atoms with Crippen molar-refractivity contribution in [3.05, 3.63) is 47.0 Å². The number of rotatable bonds is 1. The van der Waals surface area contributed by atoms with Crippen LogP contribution >= 0.6 is 0 Å². The number of para-hydroxylation sites is 1. The third kappa shape index (κ3) is 3.64. The molecule has 0 N–H and O–H groups in total. The van der Waals surface area contributed by atoms with Crippen LogP contribution < -0.4 is 18.9 Å². The van der Waals surface area contributed by atoms with Crippen LogP contribution in [-0.2, 0) is 11.2 Å². The number of likely N-dealkylation sites (N-methyl/N-ethyl adjacent to an activating group) is 1. The Hall–Kier alpha value is -2.88. The van der Waals surface area contributed by atoms with E-state index in [9.17, 15) is 0 Å². The summed E-state index contributed by atoms with van der Waals surface area (Å²) >= 11 is 0. The van der Waals surface area contributed by atoms with E-state index >= 15 is 0 Å². The van der Waals surface area contributed by atoms with Gasteiger partial charge in [-0.3, -0.25) is 0 Å². The van der Waals surface area contributed by atoms with Gasteiger partial charge >= 0.3 is 0 Å². The van der Waals surface area contributed by atoms with Gasteiger partial charge in [0.15, 0.2) is 17.5 Å². The third-order valence-corrected chi connectivity index (χ3v) is 8.53. The average molecular weight is 491 g/mol. The van der Waals surface area contributed by atoms with E-state index < -0.39 is 5.60 Å². The van der Waals surface area contributed by atoms with Crippen molar-refractivity contribution in [1.82, 2.24) is 0 Å². The summed E-state index contributed by atoms with van der Waals surface area (Å²) in [6, 6.07) is 10.3. The Morgan fingerprint density at radius 1 is 1.08 bits per heavy atom. The van der Waals surface area contributed by atoms with Crippen LogP contribution in [0.25, 0.3) is 0 Å². The minimum Gasteiger partial charge on any atom is -0.492 e. The number of benzene rings is 2. The van der Waals surface area contributed by atoms with Crippen molar-refractivity contribution in [2.45, 2.75) is 63.4 Å². The maximum absolute atomic E-state index is 6.88. The van der Waals surface area contributed by atoms with Gasteiger partial charge < -0.3 is 28.2 Å². The molecule has 4 aliphatic rings. The Morgan fingerprint density at radius 2 is 1.89 bits per heavy atom. The summed E-state index contributed by atoms with van der Waals surface area (Å²) in [5.74, 6) is 10.7. The van der Waals surface area contributed by atoms with Gasteiger partial charge in [-0.15, -0.1) is 0 Å². The highest BCUT2D eigenvalue weighted by molar-refractivity contribution is 5.62. The maximum Gasteiger partial charge on any atom is 0.231 e. The van der Waals surface area contributed by atoms with Crippen molar-refractivity contribution in [1.29, 1.82) is 0 Å². The van der Waals surface area contributed by atoms with Crippen LogP contribution in [0.4, 0.5) is 0 Å². The van der Waals surface area contributed by atoms with Crippen molar-refractivity contribution in [2.24, 2.45) is 5.92 Å². The quantitative estimate of drug-likeness (QED) is 0.406. The van der Waals surface area contributed by atoms with Gasteiger partial charge in [-0.05, 0) is 57.2 Å². The molecule has 0 amide bonds. The molecule has 0 aliphatic carbocycles. The van der Waals surface area contributed by atoms with Gasteiger partial charge in [0.1, 0.15) is 17.0 Å². The summed E-state index contributed by atoms with van der Waals surface area (Å²) in [6.45, 7) is 7.69. The number of fused-ring (bicyclic) bond motifs is 5. The number of hydrogen-bond acceptors (Lipinski definition) is 5. The highest BCUT2D eigenvalue weighted by Crippen LogP contribution is 2.53. The van der Waals surface area contributed by atoms with E-state index in [1.807, 2.05) is 12.1 Å². The second-order valence-corrected chi connectivity index (χ2v) is 11.8. The zero-order valence-electron chi connectivity index (χ0n) is 22.1. The highest BCUT2D eigenvalue weighted by Gasteiger charge is 2.50. The number of hydrogen-bond donors (Lipinski definition) is 0. The van der Waals surface area contributed by atoms with Crippen LogP contribution in [0.1, 0.15) is 62.4 Å². The molecule has 1 fully saturated rings. The Kier molecular flexibility index (Phi) is 5.27. The van der Waals surface area contributed by atoms with Gasteiger partial charge in [0.25, 0.3) is 0 Å². The molecule has 6 heteroatoms. The van der Waals surface area contributed by atoms with Crippen molar-refractivity contribution < 1.29 is 28.2 Å². The molecule has 2 aromatic rings. The molecule has 1 saturated heterocycles. The van der Waals surface area contributed by atoms with Crippen LogP contribution in [0.2, 0.25) is 0 Å². The second-order valence-electron chi connectivity index (χ2n) is 11.8. The molecule has 2 aromatic carbocycles. The van der Waals surface area contributed by atoms with E-state index in [2.05, 4.69) is 64.9 Å². The number of methoxy groups -OCH3 is 1. The van der Waals surface area contributed by atoms with Crippen molar-refractivity contribution in [3.8, 4) is 34.8 Å². The minimum atomic E-state index is -0.553. The fourth-order valence-electron chi connectivity index (χ4n) is 6.40. The lowest BCUT2D eigenvalue weighted by Gasteiger charge is -2.50. The first-order valence-corrected chi connectivity index (χ1v) is 12.9. The molecule has 4 atom stereocenters. The van der Waals surface area contributed by atoms with Crippen molar-refractivity contribution >= 4 is 0 Å². The van der Waals surface area contributed by atoms with Gasteiger partial charge in [-0.1, -0.05) is 24.1 Å². The first-order valence-electron chi connectivity index (χ1n) is 12.9. The summed E-state index contributed by atoms with van der Waals surface area (Å²) < 4.78 is 31.4. The molecular weight excluding hydrogens is 454 g/mol. The largest absolute Gasteiger partial charge is 0.492 e. The van der Waals surface area contributed by atoms with E-state index in [0.717, 1.165) is 58.7 Å². The maximum atomic E-state index is 6.88. The molecule has 0 aromatic heterocycles. The first kappa shape index (κ1) is 23.5. The fraction of sp³-hybridized carbons (Fsp3) is 0.533. The molecule has 0 bridgehead atoms. The van der Waals surface area contributed by atoms with Crippen LogP contribution in [0.5, 0.6) is 23.0 Å². The van der Waals surface area contributed by atoms with E-state index in [1.54, 1.807) is 7.11 Å². The van der Waals surface area contributed by atoms with E-state index in [-0.39, 0.29) is 30.5 Å². The molecule has 0 unspecified atom stereocenters.